The maximum atomic E-state index is 11.9. The Kier molecular flexibility index (Phi) is 4.28. The minimum absolute atomic E-state index is 0.0849. The number of benzene rings is 2. The van der Waals surface area contributed by atoms with Gasteiger partial charge in [0.05, 0.1) is 13.4 Å². The molecule has 0 saturated heterocycles. The van der Waals surface area contributed by atoms with Crippen molar-refractivity contribution in [3.8, 4) is 5.75 Å². The van der Waals surface area contributed by atoms with Crippen LogP contribution in [0.15, 0.2) is 59.4 Å². The Hall–Kier alpha value is -2.82. The number of ketones is 1. The summed E-state index contributed by atoms with van der Waals surface area (Å²) in [4.78, 5) is 26.3. The van der Waals surface area contributed by atoms with E-state index in [2.05, 4.69) is 4.98 Å². The van der Waals surface area contributed by atoms with Crippen molar-refractivity contribution < 1.29 is 9.53 Å². The summed E-state index contributed by atoms with van der Waals surface area (Å²) in [6.07, 6.45) is -0.0849. The molecule has 0 saturated carbocycles. The summed E-state index contributed by atoms with van der Waals surface area (Å²) in [6, 6.07) is 16.1. The lowest BCUT2D eigenvalue weighted by atomic mass is 9.93. The third kappa shape index (κ3) is 3.18. The van der Waals surface area contributed by atoms with Gasteiger partial charge in [-0.25, -0.2) is 0 Å². The number of H-pyrrole nitrogens is 1. The van der Waals surface area contributed by atoms with Crippen molar-refractivity contribution in [2.24, 2.45) is 0 Å². The van der Waals surface area contributed by atoms with E-state index in [1.165, 1.54) is 6.07 Å². The lowest BCUT2D eigenvalue weighted by Crippen LogP contribution is -2.07. The average Bonchev–Trinajstić information content (AvgIpc) is 2.59. The molecule has 0 bridgehead atoms. The van der Waals surface area contributed by atoms with Gasteiger partial charge in [0.1, 0.15) is 12.4 Å². The molecule has 0 aliphatic heterocycles. The van der Waals surface area contributed by atoms with Crippen LogP contribution >= 0.6 is 0 Å². The number of nitrogens with one attached hydrogen (secondary N) is 1. The van der Waals surface area contributed by atoms with Crippen molar-refractivity contribution in [1.82, 2.24) is 4.98 Å². The zero-order valence-corrected chi connectivity index (χ0v) is 12.4. The van der Waals surface area contributed by atoms with Crippen molar-refractivity contribution >= 4 is 24.5 Å². The molecule has 2 aromatic carbocycles. The Morgan fingerprint density at radius 3 is 2.57 bits per heavy atom. The summed E-state index contributed by atoms with van der Waals surface area (Å²) < 4.78 is 5.82. The smallest absolute Gasteiger partial charge is 0.248 e. The predicted octanol–water partition coefficient (Wildman–Crippen LogP) is 2.88. The number of aromatic amines is 1. The van der Waals surface area contributed by atoms with Gasteiger partial charge in [0.2, 0.25) is 5.56 Å². The molecule has 1 N–H and O–H groups in total. The van der Waals surface area contributed by atoms with Gasteiger partial charge in [0.15, 0.2) is 5.78 Å². The van der Waals surface area contributed by atoms with Gasteiger partial charge >= 0.3 is 0 Å². The number of aromatic nitrogens is 1. The van der Waals surface area contributed by atoms with Crippen molar-refractivity contribution in [3.05, 3.63) is 76.1 Å². The van der Waals surface area contributed by atoms with Crippen LogP contribution in [0.4, 0.5) is 0 Å². The van der Waals surface area contributed by atoms with Crippen LogP contribution in [-0.2, 0) is 6.61 Å². The van der Waals surface area contributed by atoms with Gasteiger partial charge in [-0.2, -0.15) is 0 Å². The zero-order chi connectivity index (χ0) is 16.2. The molecule has 0 aliphatic carbocycles. The van der Waals surface area contributed by atoms with Crippen LogP contribution in [0, 0.1) is 0 Å². The number of hydrogen-bond acceptors (Lipinski definition) is 3. The number of Topliss-reactive ketones (excluding diaryl/α,β-unsaturated/α-hetero) is 1. The van der Waals surface area contributed by atoms with Crippen LogP contribution in [0.1, 0.15) is 15.9 Å². The minimum Gasteiger partial charge on any atom is -0.487 e. The molecule has 0 amide bonds. The molecule has 1 heterocycles. The molecule has 112 valence electrons. The molecular weight excluding hydrogens is 289 g/mol. The second-order valence-corrected chi connectivity index (χ2v) is 5.12. The quantitative estimate of drug-likeness (QED) is 0.582. The minimum atomic E-state index is -0.251. The maximum Gasteiger partial charge on any atom is 0.248 e. The van der Waals surface area contributed by atoms with E-state index in [-0.39, 0.29) is 17.7 Å². The first-order valence-corrected chi connectivity index (χ1v) is 7.25. The molecule has 5 heteroatoms. The van der Waals surface area contributed by atoms with E-state index in [0.717, 1.165) is 5.56 Å². The van der Waals surface area contributed by atoms with Gasteiger partial charge in [0.25, 0.3) is 0 Å². The first-order valence-electron chi connectivity index (χ1n) is 7.25. The highest BCUT2D eigenvalue weighted by molar-refractivity contribution is 6.26. The number of hydrogen-bond donors (Lipinski definition) is 1. The monoisotopic (exact) mass is 303 g/mol. The topological polar surface area (TPSA) is 59.2 Å². The van der Waals surface area contributed by atoms with Gasteiger partial charge in [-0.15, -0.1) is 0 Å². The summed E-state index contributed by atoms with van der Waals surface area (Å²) in [5.74, 6) is 0.340. The van der Waals surface area contributed by atoms with Crippen LogP contribution in [0.2, 0.25) is 6.32 Å². The van der Waals surface area contributed by atoms with Gasteiger partial charge in [-0.1, -0.05) is 30.3 Å². The van der Waals surface area contributed by atoms with Gasteiger partial charge in [0, 0.05) is 17.0 Å². The van der Waals surface area contributed by atoms with E-state index < -0.39 is 0 Å². The molecule has 0 fully saturated rings. The average molecular weight is 303 g/mol. The number of carbonyl (C=O) groups excluding carboxylic acids is 1. The summed E-state index contributed by atoms with van der Waals surface area (Å²) >= 11 is 0. The lowest BCUT2D eigenvalue weighted by Gasteiger charge is -2.11. The van der Waals surface area contributed by atoms with Crippen molar-refractivity contribution in [2.45, 2.75) is 12.9 Å². The van der Waals surface area contributed by atoms with E-state index in [1.807, 2.05) is 30.3 Å². The summed E-state index contributed by atoms with van der Waals surface area (Å²) in [5.41, 5.74) is 1.75. The summed E-state index contributed by atoms with van der Waals surface area (Å²) in [7, 11) is 5.45. The van der Waals surface area contributed by atoms with Crippen LogP contribution in [0.25, 0.3) is 10.9 Å². The SMILES string of the molecule is [B]CC(=O)c1ccc(OCc2ccccc2)c2[nH]c(=O)ccc12. The number of pyridine rings is 1. The van der Waals surface area contributed by atoms with E-state index in [4.69, 9.17) is 12.6 Å². The largest absolute Gasteiger partial charge is 0.487 e. The Morgan fingerprint density at radius 2 is 1.83 bits per heavy atom. The van der Waals surface area contributed by atoms with Gasteiger partial charge < -0.3 is 9.72 Å². The van der Waals surface area contributed by atoms with E-state index >= 15 is 0 Å². The van der Waals surface area contributed by atoms with E-state index in [9.17, 15) is 9.59 Å². The van der Waals surface area contributed by atoms with Gasteiger partial charge in [-0.05, 0) is 30.1 Å². The second kappa shape index (κ2) is 6.52. The highest BCUT2D eigenvalue weighted by atomic mass is 16.5. The fraction of sp³-hybridized carbons (Fsp3) is 0.111. The third-order valence-electron chi connectivity index (χ3n) is 3.58. The summed E-state index contributed by atoms with van der Waals surface area (Å²) in [5, 5.41) is 0.630. The fourth-order valence-corrected chi connectivity index (χ4v) is 2.43. The first kappa shape index (κ1) is 15.1. The highest BCUT2D eigenvalue weighted by Gasteiger charge is 2.12. The second-order valence-electron chi connectivity index (χ2n) is 5.12. The molecule has 3 rings (SSSR count). The van der Waals surface area contributed by atoms with Crippen LogP contribution in [0.5, 0.6) is 5.75 Å². The van der Waals surface area contributed by atoms with Crippen molar-refractivity contribution in [3.63, 3.8) is 0 Å². The van der Waals surface area contributed by atoms with Crippen LogP contribution < -0.4 is 10.3 Å². The van der Waals surface area contributed by atoms with E-state index in [1.54, 1.807) is 18.2 Å². The fourth-order valence-electron chi connectivity index (χ4n) is 2.43. The standard InChI is InChI=1S/C18H14BNO3/c19-10-15(21)13-6-8-16(18-14(13)7-9-17(22)20-18)23-11-12-4-2-1-3-5-12/h1-9H,10-11H2,(H,20,22). The zero-order valence-electron chi connectivity index (χ0n) is 12.4. The van der Waals surface area contributed by atoms with Crippen molar-refractivity contribution in [2.75, 3.05) is 0 Å². The molecule has 23 heavy (non-hydrogen) atoms. The maximum absolute atomic E-state index is 11.9. The number of rotatable bonds is 5. The lowest BCUT2D eigenvalue weighted by molar-refractivity contribution is 0.101. The number of fused-ring (bicyclic) bond motifs is 1. The Labute approximate surface area is 134 Å². The molecule has 0 unspecified atom stereocenters. The molecular formula is C18H14BNO3. The molecule has 0 spiro atoms. The molecule has 1 aromatic heterocycles. The van der Waals surface area contributed by atoms with Crippen molar-refractivity contribution in [1.29, 1.82) is 0 Å². The Bertz CT molecular complexity index is 903. The molecule has 0 atom stereocenters. The number of carbonyl (C=O) groups is 1. The van der Waals surface area contributed by atoms with Crippen LogP contribution in [0.3, 0.4) is 0 Å². The third-order valence-corrected chi connectivity index (χ3v) is 3.58. The molecule has 3 aromatic rings. The summed E-state index contributed by atoms with van der Waals surface area (Å²) in [6.45, 7) is 0.372. The Morgan fingerprint density at radius 1 is 1.04 bits per heavy atom. The predicted molar refractivity (Wildman–Crippen MR) is 90.2 cm³/mol. The van der Waals surface area contributed by atoms with Gasteiger partial charge in [-0.3, -0.25) is 9.59 Å². The molecule has 0 aliphatic rings. The molecule has 2 radical (unpaired) electrons. The normalized spacial score (nSPS) is 10.6. The first-order chi connectivity index (χ1) is 11.2. The highest BCUT2D eigenvalue weighted by Crippen LogP contribution is 2.27. The van der Waals surface area contributed by atoms with E-state index in [0.29, 0.717) is 28.8 Å². The molecule has 4 nitrogen and oxygen atoms in total. The Balaban J connectivity index is 2.02. The van der Waals surface area contributed by atoms with Crippen LogP contribution in [-0.4, -0.2) is 18.6 Å². The number of ether oxygens (including phenoxy) is 1.